The third-order valence-corrected chi connectivity index (χ3v) is 5.44. The van der Waals surface area contributed by atoms with Crippen molar-refractivity contribution in [2.45, 2.75) is 59.4 Å². The summed E-state index contributed by atoms with van der Waals surface area (Å²) in [5.74, 6) is 0.659. The van der Waals surface area contributed by atoms with E-state index in [0.717, 1.165) is 6.42 Å². The van der Waals surface area contributed by atoms with E-state index in [2.05, 4.69) is 32.7 Å². The fourth-order valence-corrected chi connectivity index (χ4v) is 4.12. The maximum absolute atomic E-state index is 6.41. The van der Waals surface area contributed by atoms with Crippen LogP contribution in [-0.4, -0.2) is 11.0 Å². The third kappa shape index (κ3) is 2.71. The van der Waals surface area contributed by atoms with Crippen LogP contribution in [0.4, 0.5) is 0 Å². The summed E-state index contributed by atoms with van der Waals surface area (Å²) in [6.45, 7) is 8.95. The Bertz CT molecular complexity index is 375. The minimum Gasteiger partial charge on any atom is -0.327 e. The Morgan fingerprint density at radius 1 is 1.47 bits per heavy atom. The van der Waals surface area contributed by atoms with E-state index in [1.165, 1.54) is 34.8 Å². The number of aromatic nitrogens is 1. The summed E-state index contributed by atoms with van der Waals surface area (Å²) in [5, 5.41) is 1.22. The predicted octanol–water partition coefficient (Wildman–Crippen LogP) is 3.46. The van der Waals surface area contributed by atoms with Crippen LogP contribution in [0.15, 0.2) is 0 Å². The molecule has 2 rings (SSSR count). The zero-order valence-corrected chi connectivity index (χ0v) is 12.2. The number of hydrogen-bond donors (Lipinski definition) is 1. The molecule has 0 saturated heterocycles. The second-order valence-electron chi connectivity index (χ2n) is 6.10. The molecule has 1 aromatic heterocycles. The number of thiazole rings is 1. The van der Waals surface area contributed by atoms with Crippen LogP contribution in [0.5, 0.6) is 0 Å². The van der Waals surface area contributed by atoms with Gasteiger partial charge in [-0.15, -0.1) is 11.3 Å². The Morgan fingerprint density at radius 2 is 2.18 bits per heavy atom. The minimum absolute atomic E-state index is 0.275. The topological polar surface area (TPSA) is 38.9 Å². The van der Waals surface area contributed by atoms with Crippen LogP contribution in [0, 0.1) is 25.2 Å². The van der Waals surface area contributed by atoms with Gasteiger partial charge in [0.15, 0.2) is 0 Å². The maximum Gasteiger partial charge on any atom is 0.0946 e. The van der Waals surface area contributed by atoms with Crippen molar-refractivity contribution in [3.05, 3.63) is 15.6 Å². The summed E-state index contributed by atoms with van der Waals surface area (Å²) < 4.78 is 0. The van der Waals surface area contributed by atoms with Gasteiger partial charge in [0.25, 0.3) is 0 Å². The number of nitrogens with zero attached hydrogens (tertiary/aromatic N) is 1. The molecule has 1 heterocycles. The van der Waals surface area contributed by atoms with Crippen molar-refractivity contribution in [1.29, 1.82) is 0 Å². The van der Waals surface area contributed by atoms with E-state index < -0.39 is 0 Å². The Balaban J connectivity index is 2.04. The van der Waals surface area contributed by atoms with E-state index in [4.69, 9.17) is 5.73 Å². The van der Waals surface area contributed by atoms with Gasteiger partial charge in [-0.05, 0) is 38.0 Å². The van der Waals surface area contributed by atoms with E-state index in [0.29, 0.717) is 11.3 Å². The van der Waals surface area contributed by atoms with Gasteiger partial charge >= 0.3 is 0 Å². The highest BCUT2D eigenvalue weighted by atomic mass is 32.1. The summed E-state index contributed by atoms with van der Waals surface area (Å²) >= 11 is 1.81. The Kier molecular flexibility index (Phi) is 3.60. The summed E-state index contributed by atoms with van der Waals surface area (Å²) in [6, 6.07) is 0.275. The van der Waals surface area contributed by atoms with Crippen LogP contribution in [0.2, 0.25) is 0 Å². The average Bonchev–Trinajstić information content (AvgIpc) is 2.70. The molecule has 0 aliphatic heterocycles. The lowest BCUT2D eigenvalue weighted by Crippen LogP contribution is -2.38. The summed E-state index contributed by atoms with van der Waals surface area (Å²) in [4.78, 5) is 5.94. The van der Waals surface area contributed by atoms with E-state index in [1.807, 2.05) is 11.3 Å². The molecule has 0 aromatic carbocycles. The van der Waals surface area contributed by atoms with Gasteiger partial charge in [0, 0.05) is 17.3 Å². The van der Waals surface area contributed by atoms with Gasteiger partial charge in [-0.2, -0.15) is 0 Å². The van der Waals surface area contributed by atoms with Gasteiger partial charge < -0.3 is 5.73 Å². The first-order chi connectivity index (χ1) is 7.90. The molecule has 2 nitrogen and oxygen atoms in total. The van der Waals surface area contributed by atoms with Gasteiger partial charge in [0.1, 0.15) is 0 Å². The van der Waals surface area contributed by atoms with Gasteiger partial charge in [-0.1, -0.05) is 20.3 Å². The van der Waals surface area contributed by atoms with Crippen molar-refractivity contribution in [1.82, 2.24) is 4.98 Å². The first-order valence-corrected chi connectivity index (χ1v) is 7.40. The number of hydrogen-bond acceptors (Lipinski definition) is 3. The molecule has 2 unspecified atom stereocenters. The lowest BCUT2D eigenvalue weighted by atomic mass is 9.77. The largest absolute Gasteiger partial charge is 0.327 e. The molecule has 17 heavy (non-hydrogen) atoms. The van der Waals surface area contributed by atoms with Crippen molar-refractivity contribution in [3.8, 4) is 0 Å². The van der Waals surface area contributed by atoms with Gasteiger partial charge in [-0.25, -0.2) is 4.98 Å². The van der Waals surface area contributed by atoms with E-state index >= 15 is 0 Å². The Labute approximate surface area is 109 Å². The fraction of sp³-hybridized carbons (Fsp3) is 0.786. The normalized spacial score (nSPS) is 25.1. The monoisotopic (exact) mass is 252 g/mol. The van der Waals surface area contributed by atoms with Crippen molar-refractivity contribution < 1.29 is 0 Å². The zero-order chi connectivity index (χ0) is 12.6. The van der Waals surface area contributed by atoms with E-state index in [-0.39, 0.29) is 6.04 Å². The minimum atomic E-state index is 0.275. The number of aryl methyl sites for hydroxylation is 2. The zero-order valence-electron chi connectivity index (χ0n) is 11.4. The quantitative estimate of drug-likeness (QED) is 0.895. The molecule has 1 saturated carbocycles. The second kappa shape index (κ2) is 4.69. The highest BCUT2D eigenvalue weighted by molar-refractivity contribution is 7.11. The van der Waals surface area contributed by atoms with Gasteiger partial charge in [0.2, 0.25) is 0 Å². The van der Waals surface area contributed by atoms with E-state index in [1.54, 1.807) is 0 Å². The Morgan fingerprint density at radius 3 is 2.65 bits per heavy atom. The highest BCUT2D eigenvalue weighted by Crippen LogP contribution is 2.44. The smallest absolute Gasteiger partial charge is 0.0946 e. The third-order valence-electron chi connectivity index (χ3n) is 4.34. The molecule has 0 bridgehead atoms. The molecule has 96 valence electrons. The first-order valence-electron chi connectivity index (χ1n) is 6.58. The van der Waals surface area contributed by atoms with E-state index in [9.17, 15) is 0 Å². The highest BCUT2D eigenvalue weighted by Gasteiger charge is 2.38. The molecule has 1 aliphatic carbocycles. The molecule has 2 N–H and O–H groups in total. The molecule has 0 spiro atoms. The predicted molar refractivity (Wildman–Crippen MR) is 74.4 cm³/mol. The summed E-state index contributed by atoms with van der Waals surface area (Å²) in [6.07, 6.45) is 4.90. The molecule has 0 radical (unpaired) electrons. The van der Waals surface area contributed by atoms with Crippen LogP contribution >= 0.6 is 11.3 Å². The second-order valence-corrected chi connectivity index (χ2v) is 7.39. The average molecular weight is 252 g/mol. The van der Waals surface area contributed by atoms with Crippen molar-refractivity contribution in [2.75, 3.05) is 0 Å². The Hall–Kier alpha value is -0.410. The molecule has 1 aliphatic rings. The summed E-state index contributed by atoms with van der Waals surface area (Å²) in [7, 11) is 0. The van der Waals surface area contributed by atoms with Crippen LogP contribution in [0.1, 0.15) is 48.7 Å². The van der Waals surface area contributed by atoms with Crippen LogP contribution in [0.25, 0.3) is 0 Å². The van der Waals surface area contributed by atoms with Gasteiger partial charge in [-0.3, -0.25) is 0 Å². The van der Waals surface area contributed by atoms with Crippen molar-refractivity contribution >= 4 is 11.3 Å². The molecular weight excluding hydrogens is 228 g/mol. The standard InChI is InChI=1S/C14H24N2S/c1-9-10(2)17-13(16-9)8-12(15)11-6-5-7-14(11,3)4/h11-12H,5-8,15H2,1-4H3. The maximum atomic E-state index is 6.41. The molecule has 0 amide bonds. The molecular formula is C14H24N2S. The van der Waals surface area contributed by atoms with Crippen LogP contribution < -0.4 is 5.73 Å². The van der Waals surface area contributed by atoms with Crippen LogP contribution in [-0.2, 0) is 6.42 Å². The SMILES string of the molecule is Cc1nc(CC(N)C2CCCC2(C)C)sc1C. The van der Waals surface area contributed by atoms with Crippen molar-refractivity contribution in [2.24, 2.45) is 17.1 Å². The first kappa shape index (κ1) is 13.0. The molecule has 1 fully saturated rings. The summed E-state index contributed by atoms with van der Waals surface area (Å²) in [5.41, 5.74) is 8.00. The lowest BCUT2D eigenvalue weighted by molar-refractivity contribution is 0.220. The molecule has 1 aromatic rings. The number of rotatable bonds is 3. The van der Waals surface area contributed by atoms with Crippen molar-refractivity contribution in [3.63, 3.8) is 0 Å². The lowest BCUT2D eigenvalue weighted by Gasteiger charge is -2.31. The number of nitrogens with two attached hydrogens (primary N) is 1. The van der Waals surface area contributed by atoms with Crippen LogP contribution in [0.3, 0.4) is 0 Å². The molecule has 2 atom stereocenters. The molecule has 3 heteroatoms. The fourth-order valence-electron chi connectivity index (χ4n) is 3.12. The van der Waals surface area contributed by atoms with Gasteiger partial charge in [0.05, 0.1) is 10.7 Å².